The molecule has 0 bridgehead atoms. The largest absolute Gasteiger partial charge is 0.458 e. The summed E-state index contributed by atoms with van der Waals surface area (Å²) in [6.45, 7) is 9.02. The summed E-state index contributed by atoms with van der Waals surface area (Å²) in [7, 11) is -5.72. The average Bonchev–Trinajstić information content (AvgIpc) is 3.78. The molecule has 0 aliphatic heterocycles. The Kier molecular flexibility index (Phi) is 9.14. The molecular weight excluding hydrogens is 671 g/mol. The fourth-order valence-electron chi connectivity index (χ4n) is 5.87. The number of anilines is 1. The molecule has 2 aromatic carbocycles. The van der Waals surface area contributed by atoms with E-state index in [1.54, 1.807) is 22.9 Å². The van der Waals surface area contributed by atoms with Gasteiger partial charge in [0.15, 0.2) is 11.6 Å². The maximum Gasteiger partial charge on any atom is 0.303 e. The lowest BCUT2D eigenvalue weighted by molar-refractivity contribution is -0.146. The SMILES string of the molecule is CC(=O)OC1CCc2c1cc(C#N)cc2S(=O)(=O)Nc1ccc(F)c(-c2ccc3c(-c4nccn4COCC[Si](C)(C)C)ncn3c2)c1F. The number of ether oxygens (including phenoxy) is 2. The molecule has 1 atom stereocenters. The van der Waals surface area contributed by atoms with Crippen molar-refractivity contribution in [2.45, 2.75) is 63.2 Å². The van der Waals surface area contributed by atoms with E-state index >= 15 is 8.78 Å². The topological polar surface area (TPSA) is 141 Å². The highest BCUT2D eigenvalue weighted by molar-refractivity contribution is 7.92. The fraction of sp³-hybridized carbons (Fsp3) is 0.294. The number of carbonyl (C=O) groups excluding carboxylic acids is 1. The van der Waals surface area contributed by atoms with E-state index in [-0.39, 0.29) is 22.4 Å². The van der Waals surface area contributed by atoms with Gasteiger partial charge in [0.25, 0.3) is 10.0 Å². The Morgan fingerprint density at radius 2 is 1.96 bits per heavy atom. The van der Waals surface area contributed by atoms with Gasteiger partial charge in [-0.15, -0.1) is 0 Å². The van der Waals surface area contributed by atoms with E-state index in [2.05, 4.69) is 34.3 Å². The van der Waals surface area contributed by atoms with Crippen LogP contribution >= 0.6 is 0 Å². The lowest BCUT2D eigenvalue weighted by Crippen LogP contribution is -2.22. The minimum Gasteiger partial charge on any atom is -0.458 e. The number of nitrogens with zero attached hydrogens (tertiary/aromatic N) is 5. The molecule has 1 aliphatic carbocycles. The highest BCUT2D eigenvalue weighted by atomic mass is 32.2. The summed E-state index contributed by atoms with van der Waals surface area (Å²) in [5.41, 5.74) is 1.20. The summed E-state index contributed by atoms with van der Waals surface area (Å²) < 4.78 is 75.6. The van der Waals surface area contributed by atoms with Crippen molar-refractivity contribution in [3.05, 3.63) is 89.6 Å². The molecule has 6 rings (SSSR count). The number of nitriles is 1. The van der Waals surface area contributed by atoms with Gasteiger partial charge in [-0.3, -0.25) is 9.52 Å². The van der Waals surface area contributed by atoms with Gasteiger partial charge >= 0.3 is 5.97 Å². The van der Waals surface area contributed by atoms with Crippen molar-refractivity contribution < 1.29 is 31.5 Å². The third-order valence-electron chi connectivity index (χ3n) is 8.28. The second-order valence-corrected chi connectivity index (χ2v) is 20.3. The van der Waals surface area contributed by atoms with Crippen LogP contribution in [0.1, 0.15) is 36.1 Å². The van der Waals surface area contributed by atoms with Crippen molar-refractivity contribution in [2.24, 2.45) is 0 Å². The molecule has 5 aromatic rings. The van der Waals surface area contributed by atoms with Crippen LogP contribution in [0.25, 0.3) is 28.2 Å². The fourth-order valence-corrected chi connectivity index (χ4v) is 8.01. The summed E-state index contributed by atoms with van der Waals surface area (Å²) in [5.74, 6) is -2.00. The maximum absolute atomic E-state index is 16.1. The van der Waals surface area contributed by atoms with Crippen LogP contribution in [0.4, 0.5) is 14.5 Å². The number of hydrogen-bond donors (Lipinski definition) is 1. The second kappa shape index (κ2) is 13.2. The van der Waals surface area contributed by atoms with Crippen molar-refractivity contribution in [1.29, 1.82) is 5.26 Å². The normalized spacial score (nSPS) is 14.5. The average molecular weight is 705 g/mol. The quantitative estimate of drug-likeness (QED) is 0.0913. The van der Waals surface area contributed by atoms with Gasteiger partial charge in [0, 0.05) is 45.8 Å². The van der Waals surface area contributed by atoms with Gasteiger partial charge < -0.3 is 18.4 Å². The van der Waals surface area contributed by atoms with Crippen LogP contribution in [0.15, 0.2) is 66.2 Å². The number of esters is 1. The molecule has 0 saturated heterocycles. The molecular formula is C34H34F2N6O5SSi. The molecule has 3 heterocycles. The number of pyridine rings is 1. The summed E-state index contributed by atoms with van der Waals surface area (Å²) in [6.07, 6.45) is 6.32. The maximum atomic E-state index is 16.1. The monoisotopic (exact) mass is 704 g/mol. The van der Waals surface area contributed by atoms with E-state index in [1.165, 1.54) is 37.6 Å². The molecule has 11 nitrogen and oxygen atoms in total. The summed E-state index contributed by atoms with van der Waals surface area (Å²) >= 11 is 0. The highest BCUT2D eigenvalue weighted by Gasteiger charge is 2.33. The molecule has 1 aliphatic rings. The van der Waals surface area contributed by atoms with Crippen molar-refractivity contribution in [1.82, 2.24) is 18.9 Å². The van der Waals surface area contributed by atoms with Gasteiger partial charge in [-0.25, -0.2) is 27.2 Å². The molecule has 0 saturated carbocycles. The Labute approximate surface area is 283 Å². The van der Waals surface area contributed by atoms with E-state index < -0.39 is 53.1 Å². The summed E-state index contributed by atoms with van der Waals surface area (Å²) in [4.78, 5) is 20.3. The number of carbonyl (C=O) groups is 1. The molecule has 3 aromatic heterocycles. The van der Waals surface area contributed by atoms with Crippen LogP contribution in [0.5, 0.6) is 0 Å². The number of imidazole rings is 2. The van der Waals surface area contributed by atoms with Crippen molar-refractivity contribution in [2.75, 3.05) is 11.3 Å². The van der Waals surface area contributed by atoms with Crippen LogP contribution < -0.4 is 4.72 Å². The number of nitrogens with one attached hydrogen (secondary N) is 1. The predicted molar refractivity (Wildman–Crippen MR) is 181 cm³/mol. The lowest BCUT2D eigenvalue weighted by Gasteiger charge is -2.16. The predicted octanol–water partition coefficient (Wildman–Crippen LogP) is 6.68. The zero-order valence-electron chi connectivity index (χ0n) is 27.3. The minimum absolute atomic E-state index is 0.0310. The molecule has 254 valence electrons. The number of hydrogen-bond acceptors (Lipinski definition) is 8. The van der Waals surface area contributed by atoms with Crippen LogP contribution in [0.2, 0.25) is 25.7 Å². The van der Waals surface area contributed by atoms with Gasteiger partial charge in [-0.1, -0.05) is 25.7 Å². The van der Waals surface area contributed by atoms with E-state index in [9.17, 15) is 18.5 Å². The molecule has 0 spiro atoms. The van der Waals surface area contributed by atoms with E-state index in [0.717, 1.165) is 18.2 Å². The van der Waals surface area contributed by atoms with Crippen LogP contribution in [0.3, 0.4) is 0 Å². The van der Waals surface area contributed by atoms with Gasteiger partial charge in [-0.05, 0) is 60.3 Å². The Morgan fingerprint density at radius 3 is 2.69 bits per heavy atom. The Bertz CT molecular complexity index is 2240. The smallest absolute Gasteiger partial charge is 0.303 e. The minimum atomic E-state index is -4.47. The first kappa shape index (κ1) is 34.0. The second-order valence-electron chi connectivity index (χ2n) is 13.1. The van der Waals surface area contributed by atoms with E-state index in [0.29, 0.717) is 47.9 Å². The lowest BCUT2D eigenvalue weighted by atomic mass is 10.0. The number of benzene rings is 2. The first-order valence-corrected chi connectivity index (χ1v) is 20.8. The third kappa shape index (κ3) is 6.98. The Morgan fingerprint density at radius 1 is 1.16 bits per heavy atom. The van der Waals surface area contributed by atoms with Crippen LogP contribution in [-0.4, -0.2) is 48.0 Å². The standard InChI is InChI=1S/C34H34F2N6O5SSi/c1-21(43)47-29-10-6-24-25(29)15-22(17-37)16-30(24)48(44,45)40-27-8-7-26(35)31(32(27)36)23-5-9-28-33(39-19-42(28)18-23)34-38-11-12-41(34)20-46-13-14-49(2,3)4/h5,7-9,11-12,15-16,18-19,29,40H,6,10,13-14,20H2,1-4H3. The van der Waals surface area contributed by atoms with Gasteiger partial charge in [0.2, 0.25) is 0 Å². The Balaban J connectivity index is 1.29. The summed E-state index contributed by atoms with van der Waals surface area (Å²) in [6, 6.07) is 10.8. The van der Waals surface area contributed by atoms with Crippen molar-refractivity contribution >= 4 is 35.3 Å². The number of aromatic nitrogens is 4. The zero-order chi connectivity index (χ0) is 35.1. The molecule has 0 fully saturated rings. The third-order valence-corrected chi connectivity index (χ3v) is 11.4. The van der Waals surface area contributed by atoms with Crippen LogP contribution in [0, 0.1) is 23.0 Å². The molecule has 0 radical (unpaired) electrons. The van der Waals surface area contributed by atoms with Crippen molar-refractivity contribution in [3.63, 3.8) is 0 Å². The highest BCUT2D eigenvalue weighted by Crippen LogP contribution is 2.40. The number of halogens is 2. The zero-order valence-corrected chi connectivity index (χ0v) is 29.1. The first-order valence-electron chi connectivity index (χ1n) is 15.6. The van der Waals surface area contributed by atoms with Crippen LogP contribution in [-0.2, 0) is 37.4 Å². The molecule has 15 heteroatoms. The van der Waals surface area contributed by atoms with Gasteiger partial charge in [-0.2, -0.15) is 5.26 Å². The molecule has 1 N–H and O–H groups in total. The summed E-state index contributed by atoms with van der Waals surface area (Å²) in [5, 5.41) is 9.58. The molecule has 1 unspecified atom stereocenters. The Hall–Kier alpha value is -4.91. The molecule has 0 amide bonds. The van der Waals surface area contributed by atoms with Crippen molar-refractivity contribution in [3.8, 4) is 28.7 Å². The van der Waals surface area contributed by atoms with Gasteiger partial charge in [0.1, 0.15) is 30.7 Å². The number of sulfonamides is 1. The number of fused-ring (bicyclic) bond motifs is 2. The van der Waals surface area contributed by atoms with Gasteiger partial charge in [0.05, 0.1) is 33.3 Å². The molecule has 49 heavy (non-hydrogen) atoms. The first-order chi connectivity index (χ1) is 23.3. The van der Waals surface area contributed by atoms with E-state index in [4.69, 9.17) is 9.47 Å². The number of rotatable bonds is 11. The van der Waals surface area contributed by atoms with E-state index in [1.807, 2.05) is 10.6 Å².